The molecule has 0 unspecified atom stereocenters. The number of nitrogens with zero attached hydrogens (tertiary/aromatic N) is 1. The van der Waals surface area contributed by atoms with E-state index in [0.717, 1.165) is 31.2 Å². The number of pyridine rings is 1. The van der Waals surface area contributed by atoms with Gasteiger partial charge in [-0.3, -0.25) is 9.78 Å². The molecule has 1 aliphatic carbocycles. The highest BCUT2D eigenvalue weighted by molar-refractivity contribution is 5.93. The van der Waals surface area contributed by atoms with Crippen LogP contribution in [0.1, 0.15) is 41.7 Å². The first-order valence-electron chi connectivity index (χ1n) is 6.03. The number of aryl methyl sites for hydroxylation is 1. The van der Waals surface area contributed by atoms with Gasteiger partial charge in [0, 0.05) is 12.7 Å². The number of amides is 1. The molecule has 0 spiro atoms. The highest BCUT2D eigenvalue weighted by atomic mass is 16.3. The minimum atomic E-state index is -0.710. The Kier molecular flexibility index (Phi) is 3.43. The number of carbonyl (C=O) groups excluding carboxylic acids is 1. The Hall–Kier alpha value is -1.42. The van der Waals surface area contributed by atoms with Crippen molar-refractivity contribution in [2.24, 2.45) is 0 Å². The molecule has 4 nitrogen and oxygen atoms in total. The molecule has 92 valence electrons. The fourth-order valence-electron chi connectivity index (χ4n) is 2.26. The lowest BCUT2D eigenvalue weighted by Gasteiger charge is -2.22. The van der Waals surface area contributed by atoms with Crippen molar-refractivity contribution in [3.63, 3.8) is 0 Å². The summed E-state index contributed by atoms with van der Waals surface area (Å²) in [5.41, 5.74) is 0.579. The second-order valence-corrected chi connectivity index (χ2v) is 4.78. The molecule has 1 aliphatic rings. The molecule has 0 bridgehead atoms. The van der Waals surface area contributed by atoms with Crippen LogP contribution in [0.3, 0.4) is 0 Å². The van der Waals surface area contributed by atoms with Crippen molar-refractivity contribution in [1.82, 2.24) is 10.3 Å². The first kappa shape index (κ1) is 12.0. The average Bonchev–Trinajstić information content (AvgIpc) is 2.74. The lowest BCUT2D eigenvalue weighted by Crippen LogP contribution is -2.41. The van der Waals surface area contributed by atoms with E-state index < -0.39 is 5.60 Å². The third-order valence-corrected chi connectivity index (χ3v) is 3.34. The van der Waals surface area contributed by atoms with Crippen molar-refractivity contribution in [2.45, 2.75) is 38.2 Å². The summed E-state index contributed by atoms with van der Waals surface area (Å²) in [5, 5.41) is 12.9. The van der Waals surface area contributed by atoms with Crippen molar-refractivity contribution < 1.29 is 9.90 Å². The summed E-state index contributed by atoms with van der Waals surface area (Å²) < 4.78 is 0. The molecule has 0 radical (unpaired) electrons. The zero-order chi connectivity index (χ0) is 12.3. The second-order valence-electron chi connectivity index (χ2n) is 4.78. The Morgan fingerprint density at radius 2 is 2.24 bits per heavy atom. The van der Waals surface area contributed by atoms with E-state index in [-0.39, 0.29) is 5.91 Å². The van der Waals surface area contributed by atoms with Gasteiger partial charge in [0.2, 0.25) is 0 Å². The lowest BCUT2D eigenvalue weighted by molar-refractivity contribution is 0.0448. The predicted molar refractivity (Wildman–Crippen MR) is 64.7 cm³/mol. The molecule has 1 heterocycles. The fourth-order valence-corrected chi connectivity index (χ4v) is 2.26. The summed E-state index contributed by atoms with van der Waals surface area (Å²) in [5.74, 6) is -0.205. The van der Waals surface area contributed by atoms with E-state index >= 15 is 0 Å². The molecule has 2 N–H and O–H groups in total. The minimum Gasteiger partial charge on any atom is -0.388 e. The van der Waals surface area contributed by atoms with Crippen LogP contribution in [-0.4, -0.2) is 28.1 Å². The van der Waals surface area contributed by atoms with Gasteiger partial charge in [-0.25, -0.2) is 0 Å². The van der Waals surface area contributed by atoms with Crippen LogP contribution in [0.25, 0.3) is 0 Å². The van der Waals surface area contributed by atoms with Gasteiger partial charge in [-0.05, 0) is 31.4 Å². The number of hydrogen-bond donors (Lipinski definition) is 2. The molecule has 1 aromatic heterocycles. The maximum Gasteiger partial charge on any atom is 0.270 e. The van der Waals surface area contributed by atoms with E-state index in [9.17, 15) is 9.90 Å². The van der Waals surface area contributed by atoms with E-state index in [2.05, 4.69) is 10.3 Å². The smallest absolute Gasteiger partial charge is 0.270 e. The zero-order valence-corrected chi connectivity index (χ0v) is 10.1. The van der Waals surface area contributed by atoms with Gasteiger partial charge < -0.3 is 10.4 Å². The molecule has 2 rings (SSSR count). The van der Waals surface area contributed by atoms with Gasteiger partial charge >= 0.3 is 0 Å². The lowest BCUT2D eigenvalue weighted by atomic mass is 10.0. The molecule has 0 aliphatic heterocycles. The van der Waals surface area contributed by atoms with E-state index in [4.69, 9.17) is 0 Å². The molecule has 1 aromatic rings. The molecule has 0 aromatic carbocycles. The highest BCUT2D eigenvalue weighted by Gasteiger charge is 2.31. The minimum absolute atomic E-state index is 0.205. The van der Waals surface area contributed by atoms with Crippen LogP contribution in [0.5, 0.6) is 0 Å². The molecule has 0 atom stereocenters. The Balaban J connectivity index is 1.96. The van der Waals surface area contributed by atoms with Crippen LogP contribution < -0.4 is 5.32 Å². The topological polar surface area (TPSA) is 62.2 Å². The zero-order valence-electron chi connectivity index (χ0n) is 10.1. The van der Waals surface area contributed by atoms with Crippen LogP contribution >= 0.6 is 0 Å². The Morgan fingerprint density at radius 3 is 2.88 bits per heavy atom. The monoisotopic (exact) mass is 234 g/mol. The van der Waals surface area contributed by atoms with Gasteiger partial charge in [-0.15, -0.1) is 0 Å². The number of hydrogen-bond acceptors (Lipinski definition) is 3. The summed E-state index contributed by atoms with van der Waals surface area (Å²) in [6, 6.07) is 3.66. The van der Waals surface area contributed by atoms with Crippen LogP contribution in [0.15, 0.2) is 18.3 Å². The van der Waals surface area contributed by atoms with E-state index in [0.29, 0.717) is 12.2 Å². The van der Waals surface area contributed by atoms with Crippen molar-refractivity contribution in [3.05, 3.63) is 29.6 Å². The molecular weight excluding hydrogens is 216 g/mol. The number of carbonyl (C=O) groups is 1. The molecular formula is C13H18N2O2. The Labute approximate surface area is 101 Å². The van der Waals surface area contributed by atoms with E-state index in [1.54, 1.807) is 12.3 Å². The number of aromatic nitrogens is 1. The fraction of sp³-hybridized carbons (Fsp3) is 0.538. The Bertz CT molecular complexity index is 412. The summed E-state index contributed by atoms with van der Waals surface area (Å²) in [7, 11) is 0. The van der Waals surface area contributed by atoms with Crippen molar-refractivity contribution in [2.75, 3.05) is 6.54 Å². The van der Waals surface area contributed by atoms with Gasteiger partial charge in [0.25, 0.3) is 5.91 Å². The molecule has 1 amide bonds. The van der Waals surface area contributed by atoms with Crippen molar-refractivity contribution in [3.8, 4) is 0 Å². The number of rotatable bonds is 3. The first-order valence-corrected chi connectivity index (χ1v) is 6.03. The van der Waals surface area contributed by atoms with Gasteiger partial charge in [0.05, 0.1) is 5.60 Å². The average molecular weight is 234 g/mol. The van der Waals surface area contributed by atoms with Gasteiger partial charge in [0.15, 0.2) is 0 Å². The number of aliphatic hydroxyl groups is 1. The standard InChI is InChI=1S/C13H18N2O2/c1-10-5-4-8-14-11(10)12(16)15-9-13(17)6-2-3-7-13/h4-5,8,17H,2-3,6-7,9H2,1H3,(H,15,16). The van der Waals surface area contributed by atoms with Crippen LogP contribution in [0.4, 0.5) is 0 Å². The largest absolute Gasteiger partial charge is 0.388 e. The highest BCUT2D eigenvalue weighted by Crippen LogP contribution is 2.28. The molecule has 1 fully saturated rings. The third kappa shape index (κ3) is 2.82. The first-order chi connectivity index (χ1) is 8.11. The molecule has 4 heteroatoms. The summed E-state index contributed by atoms with van der Waals surface area (Å²) >= 11 is 0. The maximum atomic E-state index is 11.9. The second kappa shape index (κ2) is 4.84. The summed E-state index contributed by atoms with van der Waals surface area (Å²) in [6.45, 7) is 2.17. The summed E-state index contributed by atoms with van der Waals surface area (Å²) in [6.07, 6.45) is 5.22. The predicted octanol–water partition coefficient (Wildman–Crippen LogP) is 1.42. The van der Waals surface area contributed by atoms with Gasteiger partial charge in [0.1, 0.15) is 5.69 Å². The quantitative estimate of drug-likeness (QED) is 0.831. The van der Waals surface area contributed by atoms with Crippen molar-refractivity contribution >= 4 is 5.91 Å². The van der Waals surface area contributed by atoms with Gasteiger partial charge in [-0.1, -0.05) is 18.9 Å². The normalized spacial score (nSPS) is 18.0. The van der Waals surface area contributed by atoms with Gasteiger partial charge in [-0.2, -0.15) is 0 Å². The van der Waals surface area contributed by atoms with Crippen molar-refractivity contribution in [1.29, 1.82) is 0 Å². The number of nitrogens with one attached hydrogen (secondary N) is 1. The molecule has 1 saturated carbocycles. The van der Waals surface area contributed by atoms with Crippen LogP contribution in [-0.2, 0) is 0 Å². The maximum absolute atomic E-state index is 11.9. The van der Waals surface area contributed by atoms with E-state index in [1.807, 2.05) is 13.0 Å². The van der Waals surface area contributed by atoms with Crippen LogP contribution in [0.2, 0.25) is 0 Å². The third-order valence-electron chi connectivity index (χ3n) is 3.34. The molecule has 0 saturated heterocycles. The van der Waals surface area contributed by atoms with Crippen LogP contribution in [0, 0.1) is 6.92 Å². The summed E-state index contributed by atoms with van der Waals surface area (Å²) in [4.78, 5) is 15.9. The SMILES string of the molecule is Cc1cccnc1C(=O)NCC1(O)CCCC1. The molecule has 17 heavy (non-hydrogen) atoms. The van der Waals surface area contributed by atoms with E-state index in [1.165, 1.54) is 0 Å². The Morgan fingerprint density at radius 1 is 1.53 bits per heavy atom.